The summed E-state index contributed by atoms with van der Waals surface area (Å²) in [6.07, 6.45) is 4.66. The lowest BCUT2D eigenvalue weighted by Crippen LogP contribution is -2.53. The summed E-state index contributed by atoms with van der Waals surface area (Å²) in [6.45, 7) is 5.19. The van der Waals surface area contributed by atoms with E-state index in [4.69, 9.17) is 0 Å². The number of nitrogens with one attached hydrogen (secondary N) is 1. The van der Waals surface area contributed by atoms with Gasteiger partial charge in [-0.05, 0) is 49.3 Å². The largest absolute Gasteiger partial charge is 0.341 e. The first kappa shape index (κ1) is 18.4. The summed E-state index contributed by atoms with van der Waals surface area (Å²) in [5.41, 5.74) is 3.80. The van der Waals surface area contributed by atoms with Crippen molar-refractivity contribution < 1.29 is 14.4 Å². The van der Waals surface area contributed by atoms with Gasteiger partial charge in [-0.3, -0.25) is 14.4 Å². The third-order valence-corrected chi connectivity index (χ3v) is 5.43. The Morgan fingerprint density at radius 2 is 1.58 bits per heavy atom. The van der Waals surface area contributed by atoms with Gasteiger partial charge in [0.15, 0.2) is 0 Å². The summed E-state index contributed by atoms with van der Waals surface area (Å²) in [4.78, 5) is 39.3. The number of carbonyl (C=O) groups excluding carboxylic acids is 3. The standard InChI is InChI=1S/C20H27N3O3/c1-14(17-8-7-16-5-3-4-6-18(16)13-17)21-19(25)20(26)23-11-9-22(10-12-23)15(2)24/h7-8,13-14H,3-6,9-12H2,1-2H3,(H,21,25). The van der Waals surface area contributed by atoms with Crippen LogP contribution in [0.25, 0.3) is 0 Å². The molecule has 6 heteroatoms. The average molecular weight is 357 g/mol. The molecule has 6 nitrogen and oxygen atoms in total. The minimum atomic E-state index is -0.577. The fourth-order valence-corrected chi connectivity index (χ4v) is 3.73. The van der Waals surface area contributed by atoms with Gasteiger partial charge in [0, 0.05) is 33.1 Å². The van der Waals surface area contributed by atoms with E-state index in [1.165, 1.54) is 35.8 Å². The van der Waals surface area contributed by atoms with Gasteiger partial charge in [-0.15, -0.1) is 0 Å². The van der Waals surface area contributed by atoms with E-state index in [1.54, 1.807) is 4.90 Å². The molecule has 1 aromatic rings. The predicted molar refractivity (Wildman–Crippen MR) is 98.5 cm³/mol. The van der Waals surface area contributed by atoms with Gasteiger partial charge in [-0.1, -0.05) is 18.2 Å². The second-order valence-electron chi connectivity index (χ2n) is 7.23. The minimum absolute atomic E-state index is 0.00239. The molecule has 26 heavy (non-hydrogen) atoms. The molecule has 3 amide bonds. The molecule has 0 aromatic heterocycles. The fourth-order valence-electron chi connectivity index (χ4n) is 3.73. The van der Waals surface area contributed by atoms with Crippen molar-refractivity contribution in [1.82, 2.24) is 15.1 Å². The number of aryl methyl sites for hydroxylation is 2. The highest BCUT2D eigenvalue weighted by molar-refractivity contribution is 6.35. The molecule has 0 bridgehead atoms. The average Bonchev–Trinajstić information content (AvgIpc) is 2.67. The first-order valence-corrected chi connectivity index (χ1v) is 9.42. The van der Waals surface area contributed by atoms with E-state index in [0.717, 1.165) is 18.4 Å². The summed E-state index contributed by atoms with van der Waals surface area (Å²) >= 11 is 0. The number of hydrogen-bond acceptors (Lipinski definition) is 3. The lowest BCUT2D eigenvalue weighted by atomic mass is 9.89. The van der Waals surface area contributed by atoms with Crippen LogP contribution >= 0.6 is 0 Å². The highest BCUT2D eigenvalue weighted by Gasteiger charge is 2.27. The third-order valence-electron chi connectivity index (χ3n) is 5.43. The zero-order valence-electron chi connectivity index (χ0n) is 15.6. The molecule has 1 fully saturated rings. The molecule has 1 N–H and O–H groups in total. The van der Waals surface area contributed by atoms with E-state index >= 15 is 0 Å². The van der Waals surface area contributed by atoms with Crippen molar-refractivity contribution >= 4 is 17.7 Å². The summed E-state index contributed by atoms with van der Waals surface area (Å²) in [5, 5.41) is 2.82. The number of benzene rings is 1. The molecule has 1 unspecified atom stereocenters. The fraction of sp³-hybridized carbons (Fsp3) is 0.550. The van der Waals surface area contributed by atoms with Crippen LogP contribution in [0.15, 0.2) is 18.2 Å². The zero-order chi connectivity index (χ0) is 18.7. The van der Waals surface area contributed by atoms with E-state index in [-0.39, 0.29) is 11.9 Å². The van der Waals surface area contributed by atoms with Crippen LogP contribution < -0.4 is 5.32 Å². The Balaban J connectivity index is 1.57. The monoisotopic (exact) mass is 357 g/mol. The number of rotatable bonds is 2. The van der Waals surface area contributed by atoms with Crippen molar-refractivity contribution in [3.63, 3.8) is 0 Å². The van der Waals surface area contributed by atoms with E-state index < -0.39 is 11.8 Å². The molecular weight excluding hydrogens is 330 g/mol. The van der Waals surface area contributed by atoms with Crippen LogP contribution in [0, 0.1) is 0 Å². The quantitative estimate of drug-likeness (QED) is 0.814. The van der Waals surface area contributed by atoms with Crippen LogP contribution in [-0.2, 0) is 27.2 Å². The van der Waals surface area contributed by atoms with Crippen molar-refractivity contribution in [3.8, 4) is 0 Å². The van der Waals surface area contributed by atoms with Crippen LogP contribution in [0.1, 0.15) is 49.4 Å². The maximum atomic E-state index is 12.4. The number of amides is 3. The minimum Gasteiger partial charge on any atom is -0.341 e. The van der Waals surface area contributed by atoms with Gasteiger partial charge in [-0.2, -0.15) is 0 Å². The van der Waals surface area contributed by atoms with Gasteiger partial charge in [0.25, 0.3) is 0 Å². The maximum absolute atomic E-state index is 12.4. The van der Waals surface area contributed by atoms with Crippen LogP contribution in [0.4, 0.5) is 0 Å². The molecule has 3 rings (SSSR count). The summed E-state index contributed by atoms with van der Waals surface area (Å²) in [7, 11) is 0. The Kier molecular flexibility index (Phi) is 5.59. The Labute approximate surface area is 154 Å². The SMILES string of the molecule is CC(=O)N1CCN(C(=O)C(=O)NC(C)c2ccc3c(c2)CCCC3)CC1. The number of nitrogens with zero attached hydrogens (tertiary/aromatic N) is 2. The molecule has 2 aliphatic rings. The first-order chi connectivity index (χ1) is 12.5. The van der Waals surface area contributed by atoms with E-state index in [9.17, 15) is 14.4 Å². The lowest BCUT2D eigenvalue weighted by molar-refractivity contribution is -0.148. The maximum Gasteiger partial charge on any atom is 0.312 e. The van der Waals surface area contributed by atoms with Crippen LogP contribution in [0.5, 0.6) is 0 Å². The van der Waals surface area contributed by atoms with E-state index in [1.807, 2.05) is 13.0 Å². The molecule has 1 aromatic carbocycles. The highest BCUT2D eigenvalue weighted by Crippen LogP contribution is 2.24. The Morgan fingerprint density at radius 3 is 2.23 bits per heavy atom. The van der Waals surface area contributed by atoms with Gasteiger partial charge < -0.3 is 15.1 Å². The number of carbonyl (C=O) groups is 3. The van der Waals surface area contributed by atoms with Crippen LogP contribution in [0.2, 0.25) is 0 Å². The Bertz CT molecular complexity index is 708. The van der Waals surface area contributed by atoms with Crippen molar-refractivity contribution in [1.29, 1.82) is 0 Å². The molecule has 0 saturated carbocycles. The van der Waals surface area contributed by atoms with E-state index in [0.29, 0.717) is 26.2 Å². The molecule has 140 valence electrons. The predicted octanol–water partition coefficient (Wildman–Crippen LogP) is 1.43. The van der Waals surface area contributed by atoms with Gasteiger partial charge in [0.2, 0.25) is 5.91 Å². The number of piperazine rings is 1. The summed E-state index contributed by atoms with van der Waals surface area (Å²) in [5.74, 6) is -1.09. The van der Waals surface area contributed by atoms with Gasteiger partial charge in [0.1, 0.15) is 0 Å². The Morgan fingerprint density at radius 1 is 0.962 bits per heavy atom. The van der Waals surface area contributed by atoms with Crippen LogP contribution in [0.3, 0.4) is 0 Å². The highest BCUT2D eigenvalue weighted by atomic mass is 16.2. The van der Waals surface area contributed by atoms with Crippen molar-refractivity contribution in [2.24, 2.45) is 0 Å². The van der Waals surface area contributed by atoms with Crippen LogP contribution in [-0.4, -0.2) is 53.7 Å². The topological polar surface area (TPSA) is 69.7 Å². The molecular formula is C20H27N3O3. The van der Waals surface area contributed by atoms with Crippen molar-refractivity contribution in [2.45, 2.75) is 45.6 Å². The summed E-state index contributed by atoms with van der Waals surface area (Å²) < 4.78 is 0. The third kappa shape index (κ3) is 4.06. The van der Waals surface area contributed by atoms with Crippen molar-refractivity contribution in [3.05, 3.63) is 34.9 Å². The second kappa shape index (κ2) is 7.89. The molecule has 1 atom stereocenters. The normalized spacial score (nSPS) is 18.1. The smallest absolute Gasteiger partial charge is 0.312 e. The van der Waals surface area contributed by atoms with Gasteiger partial charge in [0.05, 0.1) is 6.04 Å². The Hall–Kier alpha value is -2.37. The molecule has 1 heterocycles. The first-order valence-electron chi connectivity index (χ1n) is 9.42. The molecule has 1 aliphatic heterocycles. The molecule has 1 saturated heterocycles. The molecule has 0 spiro atoms. The summed E-state index contributed by atoms with van der Waals surface area (Å²) in [6, 6.07) is 6.15. The lowest BCUT2D eigenvalue weighted by Gasteiger charge is -2.34. The van der Waals surface area contributed by atoms with E-state index in [2.05, 4.69) is 17.4 Å². The van der Waals surface area contributed by atoms with Gasteiger partial charge >= 0.3 is 11.8 Å². The molecule has 0 radical (unpaired) electrons. The second-order valence-corrected chi connectivity index (χ2v) is 7.23. The number of fused-ring (bicyclic) bond motifs is 1. The van der Waals surface area contributed by atoms with Crippen molar-refractivity contribution in [2.75, 3.05) is 26.2 Å². The van der Waals surface area contributed by atoms with Gasteiger partial charge in [-0.25, -0.2) is 0 Å². The molecule has 1 aliphatic carbocycles. The zero-order valence-corrected chi connectivity index (χ0v) is 15.6. The number of hydrogen-bond donors (Lipinski definition) is 1.